The van der Waals surface area contributed by atoms with E-state index in [1.165, 1.54) is 12.5 Å². The Bertz CT molecular complexity index is 446. The highest BCUT2D eigenvalue weighted by molar-refractivity contribution is 5.70. The van der Waals surface area contributed by atoms with Gasteiger partial charge in [0.05, 0.1) is 12.4 Å². The second-order valence-electron chi connectivity index (χ2n) is 5.10. The molecule has 0 radical (unpaired) electrons. The number of hydrogen-bond donors (Lipinski definition) is 2. The monoisotopic (exact) mass is 278 g/mol. The van der Waals surface area contributed by atoms with Gasteiger partial charge in [0, 0.05) is 19.1 Å². The van der Waals surface area contributed by atoms with Crippen LogP contribution in [0.15, 0.2) is 36.6 Å². The van der Waals surface area contributed by atoms with Crippen LogP contribution >= 0.6 is 0 Å². The third-order valence-electron chi connectivity index (χ3n) is 3.64. The van der Waals surface area contributed by atoms with Gasteiger partial charge in [-0.25, -0.2) is 0 Å². The maximum Gasteiger partial charge on any atom is 0.273 e. The Morgan fingerprint density at radius 2 is 2.30 bits per heavy atom. The van der Waals surface area contributed by atoms with Crippen LogP contribution in [0.4, 0.5) is 0 Å². The van der Waals surface area contributed by atoms with E-state index in [0.29, 0.717) is 5.92 Å². The van der Waals surface area contributed by atoms with Crippen LogP contribution in [0.25, 0.3) is 0 Å². The molecule has 6 nitrogen and oxygen atoms in total. The molecule has 3 heterocycles. The second-order valence-corrected chi connectivity index (χ2v) is 5.10. The third-order valence-corrected chi connectivity index (χ3v) is 3.64. The molecule has 0 spiro atoms. The van der Waals surface area contributed by atoms with Crippen molar-refractivity contribution >= 4 is 6.29 Å². The highest BCUT2D eigenvalue weighted by atomic mass is 16.7. The van der Waals surface area contributed by atoms with E-state index in [1.807, 2.05) is 12.2 Å². The van der Waals surface area contributed by atoms with Gasteiger partial charge in [0.2, 0.25) is 0 Å². The maximum absolute atomic E-state index is 11.5. The molecular formula is C14H18N2O4. The van der Waals surface area contributed by atoms with Crippen molar-refractivity contribution in [2.75, 3.05) is 19.8 Å². The second kappa shape index (κ2) is 5.58. The Balaban J connectivity index is 1.61. The van der Waals surface area contributed by atoms with Crippen LogP contribution in [0, 0.1) is 5.92 Å². The van der Waals surface area contributed by atoms with Gasteiger partial charge in [0.15, 0.2) is 11.8 Å². The van der Waals surface area contributed by atoms with Gasteiger partial charge in [-0.05, 0) is 18.6 Å². The van der Waals surface area contributed by atoms with E-state index in [4.69, 9.17) is 14.2 Å². The van der Waals surface area contributed by atoms with Crippen LogP contribution in [0.5, 0.6) is 0 Å². The number of hydrogen-bond acceptors (Lipinski definition) is 6. The summed E-state index contributed by atoms with van der Waals surface area (Å²) in [5, 5.41) is 6.45. The summed E-state index contributed by atoms with van der Waals surface area (Å²) in [5.41, 5.74) is -1.01. The molecule has 6 heteroatoms. The Kier molecular flexibility index (Phi) is 3.64. The molecular weight excluding hydrogens is 260 g/mol. The third kappa shape index (κ3) is 2.51. The number of aldehydes is 1. The summed E-state index contributed by atoms with van der Waals surface area (Å²) in [5.74, 6) is 1.29. The van der Waals surface area contributed by atoms with E-state index in [1.54, 1.807) is 6.08 Å². The molecule has 3 rings (SSSR count). The summed E-state index contributed by atoms with van der Waals surface area (Å²) >= 11 is 0. The van der Waals surface area contributed by atoms with Crippen molar-refractivity contribution in [2.24, 2.45) is 5.92 Å². The molecule has 0 amide bonds. The van der Waals surface area contributed by atoms with E-state index >= 15 is 0 Å². The zero-order valence-corrected chi connectivity index (χ0v) is 11.1. The van der Waals surface area contributed by atoms with Gasteiger partial charge in [-0.15, -0.1) is 0 Å². The van der Waals surface area contributed by atoms with E-state index in [9.17, 15) is 4.79 Å². The Morgan fingerprint density at radius 3 is 3.00 bits per heavy atom. The fourth-order valence-electron chi connectivity index (χ4n) is 2.45. The minimum Gasteiger partial charge on any atom is -0.456 e. The van der Waals surface area contributed by atoms with Crippen molar-refractivity contribution in [2.45, 2.75) is 18.2 Å². The lowest BCUT2D eigenvalue weighted by Gasteiger charge is -2.34. The molecule has 1 saturated heterocycles. The molecule has 0 saturated carbocycles. The quantitative estimate of drug-likeness (QED) is 0.709. The number of carbonyl (C=O) groups excluding carboxylic acids is 1. The number of ether oxygens (including phenoxy) is 3. The first-order valence-corrected chi connectivity index (χ1v) is 6.74. The zero-order chi connectivity index (χ0) is 13.8. The smallest absolute Gasteiger partial charge is 0.273 e. The number of nitrogens with one attached hydrogen (secondary N) is 2. The molecule has 2 atom stereocenters. The van der Waals surface area contributed by atoms with E-state index in [-0.39, 0.29) is 0 Å². The minimum absolute atomic E-state index is 0.509. The number of dihydropyridines is 1. The molecule has 3 aliphatic rings. The van der Waals surface area contributed by atoms with Crippen molar-refractivity contribution in [1.29, 1.82) is 0 Å². The summed E-state index contributed by atoms with van der Waals surface area (Å²) in [6, 6.07) is 0. The Morgan fingerprint density at radius 1 is 1.45 bits per heavy atom. The van der Waals surface area contributed by atoms with Gasteiger partial charge >= 0.3 is 0 Å². The lowest BCUT2D eigenvalue weighted by molar-refractivity contribution is -0.126. The SMILES string of the molecule is O=CC1(C2OC=CO2)C=CC=C(NCC2CCOC2)N1. The van der Waals surface area contributed by atoms with Gasteiger partial charge in [-0.3, -0.25) is 0 Å². The predicted octanol–water partition coefficient (Wildman–Crippen LogP) is 0.395. The van der Waals surface area contributed by atoms with E-state index in [2.05, 4.69) is 10.6 Å². The number of rotatable bonds is 5. The van der Waals surface area contributed by atoms with Crippen LogP contribution in [0.1, 0.15) is 6.42 Å². The average molecular weight is 278 g/mol. The molecule has 0 aromatic rings. The van der Waals surface area contributed by atoms with Crippen molar-refractivity contribution < 1.29 is 19.0 Å². The minimum atomic E-state index is -1.01. The molecule has 2 N–H and O–H groups in total. The first-order chi connectivity index (χ1) is 9.82. The molecule has 0 aromatic carbocycles. The van der Waals surface area contributed by atoms with Crippen LogP contribution < -0.4 is 10.6 Å². The average Bonchev–Trinajstić information content (AvgIpc) is 3.18. The van der Waals surface area contributed by atoms with Gasteiger partial charge in [-0.1, -0.05) is 6.08 Å². The summed E-state index contributed by atoms with van der Waals surface area (Å²) in [6.07, 6.45) is 9.50. The van der Waals surface area contributed by atoms with Crippen molar-refractivity contribution in [1.82, 2.24) is 10.6 Å². The van der Waals surface area contributed by atoms with Crippen molar-refractivity contribution in [3.63, 3.8) is 0 Å². The number of allylic oxidation sites excluding steroid dienone is 2. The van der Waals surface area contributed by atoms with Gasteiger partial charge in [0.1, 0.15) is 12.5 Å². The highest BCUT2D eigenvalue weighted by Gasteiger charge is 2.42. The maximum atomic E-state index is 11.5. The summed E-state index contributed by atoms with van der Waals surface area (Å²) in [7, 11) is 0. The lowest BCUT2D eigenvalue weighted by atomic mass is 9.97. The van der Waals surface area contributed by atoms with Crippen LogP contribution in [-0.4, -0.2) is 37.9 Å². The highest BCUT2D eigenvalue weighted by Crippen LogP contribution is 2.23. The molecule has 1 fully saturated rings. The summed E-state index contributed by atoms with van der Waals surface area (Å²) in [6.45, 7) is 2.42. The molecule has 3 aliphatic heterocycles. The first kappa shape index (κ1) is 13.1. The molecule has 20 heavy (non-hydrogen) atoms. The first-order valence-electron chi connectivity index (χ1n) is 6.74. The Hall–Kier alpha value is -1.95. The summed E-state index contributed by atoms with van der Waals surface area (Å²) in [4.78, 5) is 11.5. The van der Waals surface area contributed by atoms with Crippen LogP contribution in [-0.2, 0) is 19.0 Å². The molecule has 2 unspecified atom stereocenters. The fourth-order valence-corrected chi connectivity index (χ4v) is 2.45. The zero-order valence-electron chi connectivity index (χ0n) is 11.1. The van der Waals surface area contributed by atoms with Crippen LogP contribution in [0.3, 0.4) is 0 Å². The van der Waals surface area contributed by atoms with E-state index < -0.39 is 11.8 Å². The largest absolute Gasteiger partial charge is 0.456 e. The lowest BCUT2D eigenvalue weighted by Crippen LogP contribution is -2.57. The van der Waals surface area contributed by atoms with Crippen molar-refractivity contribution in [3.05, 3.63) is 36.6 Å². The van der Waals surface area contributed by atoms with Crippen molar-refractivity contribution in [3.8, 4) is 0 Å². The molecule has 0 aliphatic carbocycles. The Labute approximate surface area is 117 Å². The fraction of sp³-hybridized carbons (Fsp3) is 0.500. The normalized spacial score (nSPS) is 32.2. The molecule has 0 aromatic heterocycles. The summed E-state index contributed by atoms with van der Waals surface area (Å²) < 4.78 is 15.9. The standard InChI is InChI=1S/C14H18N2O4/c17-10-14(13-19-6-7-20-13)4-1-2-12(16-14)15-8-11-3-5-18-9-11/h1-2,4,6-7,10-11,13,15-16H,3,5,8-9H2. The van der Waals surface area contributed by atoms with E-state index in [0.717, 1.165) is 38.3 Å². The number of carbonyl (C=O) groups is 1. The molecule has 108 valence electrons. The van der Waals surface area contributed by atoms with Gasteiger partial charge < -0.3 is 29.6 Å². The van der Waals surface area contributed by atoms with Crippen LogP contribution in [0.2, 0.25) is 0 Å². The molecule has 0 bridgehead atoms. The topological polar surface area (TPSA) is 68.8 Å². The van der Waals surface area contributed by atoms with Gasteiger partial charge in [-0.2, -0.15) is 0 Å². The van der Waals surface area contributed by atoms with Gasteiger partial charge in [0.25, 0.3) is 6.29 Å². The predicted molar refractivity (Wildman–Crippen MR) is 71.2 cm³/mol.